The van der Waals surface area contributed by atoms with Crippen LogP contribution in [0.1, 0.15) is 13.8 Å². The van der Waals surface area contributed by atoms with Gasteiger partial charge < -0.3 is 14.6 Å². The summed E-state index contributed by atoms with van der Waals surface area (Å²) in [6, 6.07) is 5.24. The molecule has 1 heterocycles. The van der Waals surface area contributed by atoms with Gasteiger partial charge in [0.25, 0.3) is 0 Å². The molecule has 1 N–H and O–H groups in total. The second-order valence-electron chi connectivity index (χ2n) is 4.48. The Bertz CT molecular complexity index is 771. The van der Waals surface area contributed by atoms with Gasteiger partial charge in [0.05, 0.1) is 11.0 Å². The van der Waals surface area contributed by atoms with Gasteiger partial charge in [0.1, 0.15) is 10.1 Å². The molecule has 0 spiro atoms. The maximum Gasteiger partial charge on any atom is 1.00 e. The average Bonchev–Trinajstić information content (AvgIpc) is 2.36. The summed E-state index contributed by atoms with van der Waals surface area (Å²) in [6.07, 6.45) is -0.132. The Labute approximate surface area is 160 Å². The molecule has 0 aliphatic carbocycles. The average molecular weight is 367 g/mol. The largest absolute Gasteiger partial charge is 1.00 e. The summed E-state index contributed by atoms with van der Waals surface area (Å²) in [4.78, 5) is 11.4. The van der Waals surface area contributed by atoms with E-state index in [1.807, 2.05) is 13.8 Å². The minimum absolute atomic E-state index is 0. The van der Waals surface area contributed by atoms with Crippen molar-refractivity contribution in [3.05, 3.63) is 29.5 Å². The van der Waals surface area contributed by atoms with E-state index in [1.54, 1.807) is 0 Å². The number of hydrogen-bond donors (Lipinski definition) is 1. The minimum Gasteiger partial charge on any atom is -0.744 e. The first-order valence-electron chi connectivity index (χ1n) is 6.15. The molecule has 118 valence electrons. The Morgan fingerprint density at radius 3 is 2.30 bits per heavy atom. The third kappa shape index (κ3) is 6.21. The van der Waals surface area contributed by atoms with Crippen molar-refractivity contribution in [2.75, 3.05) is 5.32 Å². The fourth-order valence-corrected chi connectivity index (χ4v) is 2.11. The van der Waals surface area contributed by atoms with Crippen LogP contribution in [0.25, 0.3) is 0 Å². The molecule has 1 aromatic heterocycles. The summed E-state index contributed by atoms with van der Waals surface area (Å²) in [5.41, 5.74) is 0.477. The number of anilines is 2. The van der Waals surface area contributed by atoms with Crippen molar-refractivity contribution < 1.29 is 47.3 Å². The first-order valence-corrected chi connectivity index (χ1v) is 7.94. The van der Waals surface area contributed by atoms with Crippen molar-refractivity contribution in [2.45, 2.75) is 24.8 Å². The van der Waals surface area contributed by atoms with Crippen LogP contribution in [-0.2, 0) is 10.1 Å². The van der Waals surface area contributed by atoms with Crippen molar-refractivity contribution in [3.63, 3.8) is 0 Å². The molecule has 0 fully saturated rings. The van der Waals surface area contributed by atoms with Crippen LogP contribution < -0.4 is 39.6 Å². The van der Waals surface area contributed by atoms with Crippen molar-refractivity contribution in [3.8, 4) is 6.01 Å². The molecule has 8 nitrogen and oxygen atoms in total. The molecule has 2 aromatic rings. The Morgan fingerprint density at radius 1 is 1.17 bits per heavy atom. The summed E-state index contributed by atoms with van der Waals surface area (Å²) in [5.74, 6) is 0.133. The van der Waals surface area contributed by atoms with E-state index >= 15 is 0 Å². The maximum absolute atomic E-state index is 10.9. The Morgan fingerprint density at radius 2 is 1.78 bits per heavy atom. The van der Waals surface area contributed by atoms with E-state index < -0.39 is 10.1 Å². The summed E-state index contributed by atoms with van der Waals surface area (Å²) < 4.78 is 37.9. The van der Waals surface area contributed by atoms with E-state index in [9.17, 15) is 13.0 Å². The predicted molar refractivity (Wildman–Crippen MR) is 78.3 cm³/mol. The van der Waals surface area contributed by atoms with Crippen LogP contribution in [-0.4, -0.2) is 34.0 Å². The van der Waals surface area contributed by atoms with Gasteiger partial charge in [-0.25, -0.2) is 8.42 Å². The van der Waals surface area contributed by atoms with Crippen LogP contribution >= 0.6 is 11.6 Å². The zero-order valence-electron chi connectivity index (χ0n) is 12.6. The van der Waals surface area contributed by atoms with E-state index in [4.69, 9.17) is 16.3 Å². The summed E-state index contributed by atoms with van der Waals surface area (Å²) in [5, 5.41) is 2.76. The molecule has 0 unspecified atom stereocenters. The zero-order valence-corrected chi connectivity index (χ0v) is 16.2. The fourth-order valence-electron chi connectivity index (χ4n) is 1.49. The molecule has 11 heteroatoms. The topological polar surface area (TPSA) is 117 Å². The van der Waals surface area contributed by atoms with Gasteiger partial charge in [-0.1, -0.05) is 0 Å². The third-order valence-corrected chi connectivity index (χ3v) is 3.35. The Balaban J connectivity index is 0.00000264. The smallest absolute Gasteiger partial charge is 0.744 e. The number of ether oxygens (including phenoxy) is 1. The van der Waals surface area contributed by atoms with Gasteiger partial charge in [0.15, 0.2) is 0 Å². The maximum atomic E-state index is 10.9. The van der Waals surface area contributed by atoms with E-state index in [0.29, 0.717) is 5.69 Å². The van der Waals surface area contributed by atoms with Gasteiger partial charge in [0.2, 0.25) is 11.2 Å². The Kier molecular flexibility index (Phi) is 7.18. The standard InChI is InChI=1S/C12H13ClN4O4S.Na/c1-7(2)21-12-16-10(13)15-11(17-12)14-8-3-5-9(6-4-8)22(18,19)20;/h3-7H,1-2H3,(H,18,19,20)(H,14,15,16,17);/q;+1/p-1. The van der Waals surface area contributed by atoms with Gasteiger partial charge in [0, 0.05) is 5.69 Å². The van der Waals surface area contributed by atoms with E-state index in [1.165, 1.54) is 24.3 Å². The predicted octanol–water partition coefficient (Wildman–Crippen LogP) is -1.04. The van der Waals surface area contributed by atoms with Crippen LogP contribution in [0.5, 0.6) is 6.01 Å². The van der Waals surface area contributed by atoms with Gasteiger partial charge in [-0.2, -0.15) is 15.0 Å². The molecule has 0 bridgehead atoms. The van der Waals surface area contributed by atoms with E-state index in [0.717, 1.165) is 0 Å². The molecule has 0 aliphatic rings. The van der Waals surface area contributed by atoms with Crippen molar-refractivity contribution in [1.82, 2.24) is 15.0 Å². The second-order valence-corrected chi connectivity index (χ2v) is 6.20. The van der Waals surface area contributed by atoms with Crippen LogP contribution in [0.3, 0.4) is 0 Å². The first kappa shape index (κ1) is 20.1. The molecular formula is C12H12ClN4NaO4S. The molecule has 2 rings (SSSR count). The molecule has 0 saturated carbocycles. The van der Waals surface area contributed by atoms with Gasteiger partial charge >= 0.3 is 35.6 Å². The molecule has 0 radical (unpaired) electrons. The number of benzene rings is 1. The zero-order chi connectivity index (χ0) is 16.3. The van der Waals surface area contributed by atoms with Gasteiger partial charge in [-0.15, -0.1) is 0 Å². The number of rotatable bonds is 5. The Hall–Kier alpha value is -0.970. The molecule has 0 amide bonds. The number of halogens is 1. The van der Waals surface area contributed by atoms with Crippen LogP contribution in [0.4, 0.5) is 11.6 Å². The molecular weight excluding hydrogens is 355 g/mol. The summed E-state index contributed by atoms with van der Waals surface area (Å²) in [7, 11) is -4.48. The normalized spacial score (nSPS) is 11.0. The SMILES string of the molecule is CC(C)Oc1nc(Cl)nc(Nc2ccc(S(=O)(=O)[O-])cc2)n1.[Na+]. The molecule has 0 atom stereocenters. The van der Waals surface area contributed by atoms with Crippen molar-refractivity contribution in [1.29, 1.82) is 0 Å². The van der Waals surface area contributed by atoms with Crippen LogP contribution in [0, 0.1) is 0 Å². The summed E-state index contributed by atoms with van der Waals surface area (Å²) >= 11 is 5.78. The number of aromatic nitrogens is 3. The first-order chi connectivity index (χ1) is 10.2. The third-order valence-electron chi connectivity index (χ3n) is 2.33. The van der Waals surface area contributed by atoms with Crippen LogP contribution in [0.2, 0.25) is 5.28 Å². The fraction of sp³-hybridized carbons (Fsp3) is 0.250. The molecule has 23 heavy (non-hydrogen) atoms. The van der Waals surface area contributed by atoms with Crippen molar-refractivity contribution >= 4 is 33.4 Å². The number of nitrogens with zero attached hydrogens (tertiary/aromatic N) is 3. The monoisotopic (exact) mass is 366 g/mol. The quantitative estimate of drug-likeness (QED) is 0.527. The number of hydrogen-bond acceptors (Lipinski definition) is 8. The number of nitrogens with one attached hydrogen (secondary N) is 1. The van der Waals surface area contributed by atoms with E-state index in [-0.39, 0.29) is 57.8 Å². The van der Waals surface area contributed by atoms with Crippen LogP contribution in [0.15, 0.2) is 29.2 Å². The molecule has 1 aromatic carbocycles. The van der Waals surface area contributed by atoms with E-state index in [2.05, 4.69) is 20.3 Å². The molecule has 0 aliphatic heterocycles. The second kappa shape index (κ2) is 8.22. The summed E-state index contributed by atoms with van der Waals surface area (Å²) in [6.45, 7) is 3.62. The van der Waals surface area contributed by atoms with Gasteiger partial charge in [-0.3, -0.25) is 0 Å². The minimum atomic E-state index is -4.48. The van der Waals surface area contributed by atoms with Crippen molar-refractivity contribution in [2.24, 2.45) is 0 Å². The molecule has 0 saturated heterocycles. The van der Waals surface area contributed by atoms with Gasteiger partial charge in [-0.05, 0) is 49.7 Å².